The fraction of sp³-hybridized carbons (Fsp3) is 0.308. The first-order valence-corrected chi connectivity index (χ1v) is 11.1. The molecule has 0 aliphatic carbocycles. The predicted molar refractivity (Wildman–Crippen MR) is 125 cm³/mol. The third-order valence-corrected chi connectivity index (χ3v) is 6.14. The fourth-order valence-corrected chi connectivity index (χ4v) is 4.57. The molecular formula is C26H28FN3O3. The number of aliphatic hydroxyl groups is 1. The number of carbonyl (C=O) groups is 2. The number of halogens is 1. The van der Waals surface area contributed by atoms with Crippen LogP contribution in [-0.4, -0.2) is 34.5 Å². The van der Waals surface area contributed by atoms with E-state index in [-0.39, 0.29) is 34.9 Å². The van der Waals surface area contributed by atoms with Crippen LogP contribution in [0.15, 0.2) is 59.9 Å². The van der Waals surface area contributed by atoms with Gasteiger partial charge in [-0.25, -0.2) is 4.39 Å². The van der Waals surface area contributed by atoms with Crippen molar-refractivity contribution in [3.63, 3.8) is 0 Å². The average Bonchev–Trinajstić information content (AvgIpc) is 3.28. The average molecular weight is 450 g/mol. The second kappa shape index (κ2) is 9.10. The molecule has 0 saturated carbocycles. The molecule has 172 valence electrons. The Balaban J connectivity index is 1.92. The topological polar surface area (TPSA) is 94.2 Å². The Morgan fingerprint density at radius 1 is 1.15 bits per heavy atom. The van der Waals surface area contributed by atoms with E-state index in [2.05, 4.69) is 15.6 Å². The molecule has 0 spiro atoms. The van der Waals surface area contributed by atoms with E-state index in [0.29, 0.717) is 18.5 Å². The highest BCUT2D eigenvalue weighted by molar-refractivity contribution is 6.00. The maximum Gasteiger partial charge on any atom is 0.252 e. The summed E-state index contributed by atoms with van der Waals surface area (Å²) in [4.78, 5) is 28.0. The van der Waals surface area contributed by atoms with Crippen molar-refractivity contribution < 1.29 is 19.1 Å². The van der Waals surface area contributed by atoms with Gasteiger partial charge < -0.3 is 20.7 Å². The molecule has 0 saturated heterocycles. The van der Waals surface area contributed by atoms with Crippen molar-refractivity contribution in [3.05, 3.63) is 82.5 Å². The van der Waals surface area contributed by atoms with E-state index in [1.807, 2.05) is 38.1 Å². The largest absolute Gasteiger partial charge is 0.510 e. The summed E-state index contributed by atoms with van der Waals surface area (Å²) < 4.78 is 13.8. The molecule has 0 radical (unpaired) electrons. The number of para-hydroxylation sites is 1. The van der Waals surface area contributed by atoms with Crippen molar-refractivity contribution in [1.29, 1.82) is 0 Å². The van der Waals surface area contributed by atoms with Gasteiger partial charge in [0.15, 0.2) is 0 Å². The Morgan fingerprint density at radius 3 is 2.48 bits per heavy atom. The van der Waals surface area contributed by atoms with E-state index < -0.39 is 12.0 Å². The Labute approximate surface area is 191 Å². The molecule has 33 heavy (non-hydrogen) atoms. The molecule has 2 unspecified atom stereocenters. The normalized spacial score (nSPS) is 17.0. The zero-order valence-electron chi connectivity index (χ0n) is 18.9. The number of hydrogen-bond donors (Lipinski definition) is 4. The lowest BCUT2D eigenvalue weighted by Gasteiger charge is -2.20. The number of fused-ring (bicyclic) bond motifs is 1. The van der Waals surface area contributed by atoms with Gasteiger partial charge in [-0.1, -0.05) is 44.2 Å². The van der Waals surface area contributed by atoms with Gasteiger partial charge in [-0.2, -0.15) is 0 Å². The van der Waals surface area contributed by atoms with Crippen LogP contribution < -0.4 is 10.6 Å². The number of rotatable bonds is 7. The summed E-state index contributed by atoms with van der Waals surface area (Å²) in [5.41, 5.74) is 3.51. The van der Waals surface area contributed by atoms with Crippen LogP contribution in [0.4, 0.5) is 4.39 Å². The van der Waals surface area contributed by atoms with Gasteiger partial charge in [0.1, 0.15) is 11.6 Å². The van der Waals surface area contributed by atoms with Crippen LogP contribution in [-0.2, 0) is 16.0 Å². The number of aromatic amines is 1. The van der Waals surface area contributed by atoms with Crippen molar-refractivity contribution >= 4 is 22.7 Å². The minimum atomic E-state index is -0.630. The van der Waals surface area contributed by atoms with Crippen LogP contribution in [0.2, 0.25) is 0 Å². The van der Waals surface area contributed by atoms with Crippen molar-refractivity contribution in [2.75, 3.05) is 6.54 Å². The molecule has 2 aromatic carbocycles. The summed E-state index contributed by atoms with van der Waals surface area (Å²) in [5.74, 6) is -1.46. The lowest BCUT2D eigenvalue weighted by atomic mass is 9.84. The zero-order chi connectivity index (χ0) is 23.7. The molecule has 2 amide bonds. The second-order valence-corrected chi connectivity index (χ2v) is 8.77. The minimum Gasteiger partial charge on any atom is -0.510 e. The lowest BCUT2D eigenvalue weighted by molar-refractivity contribution is -0.119. The second-order valence-electron chi connectivity index (χ2n) is 8.77. The van der Waals surface area contributed by atoms with E-state index in [4.69, 9.17) is 0 Å². The summed E-state index contributed by atoms with van der Waals surface area (Å²) in [5, 5.41) is 17.8. The van der Waals surface area contributed by atoms with E-state index in [1.165, 1.54) is 19.1 Å². The van der Waals surface area contributed by atoms with Crippen molar-refractivity contribution in [1.82, 2.24) is 15.6 Å². The molecule has 3 aromatic rings. The maximum absolute atomic E-state index is 13.8. The van der Waals surface area contributed by atoms with Crippen LogP contribution in [0, 0.1) is 11.7 Å². The van der Waals surface area contributed by atoms with Crippen molar-refractivity contribution in [3.8, 4) is 0 Å². The summed E-state index contributed by atoms with van der Waals surface area (Å²) >= 11 is 0. The molecule has 2 heterocycles. The number of carbonyl (C=O) groups excluding carboxylic acids is 2. The molecule has 7 heteroatoms. The molecule has 0 bridgehead atoms. The highest BCUT2D eigenvalue weighted by Gasteiger charge is 2.40. The van der Waals surface area contributed by atoms with Gasteiger partial charge in [-0.3, -0.25) is 9.59 Å². The summed E-state index contributed by atoms with van der Waals surface area (Å²) in [6, 6.07) is 13.3. The quantitative estimate of drug-likeness (QED) is 0.438. The molecule has 1 aliphatic heterocycles. The third-order valence-electron chi connectivity index (χ3n) is 6.14. The first kappa shape index (κ1) is 22.6. The number of nitrogens with one attached hydrogen (secondary N) is 3. The van der Waals surface area contributed by atoms with E-state index >= 15 is 0 Å². The Bertz CT molecular complexity index is 1230. The molecule has 0 fully saturated rings. The number of aliphatic hydroxyl groups excluding tert-OH is 1. The molecule has 4 N–H and O–H groups in total. The van der Waals surface area contributed by atoms with Gasteiger partial charge in [0.25, 0.3) is 5.91 Å². The Kier molecular flexibility index (Phi) is 6.22. The highest BCUT2D eigenvalue weighted by Crippen LogP contribution is 2.40. The summed E-state index contributed by atoms with van der Waals surface area (Å²) in [7, 11) is 0. The van der Waals surface area contributed by atoms with Gasteiger partial charge in [-0.15, -0.1) is 0 Å². The van der Waals surface area contributed by atoms with Crippen LogP contribution in [0.5, 0.6) is 0 Å². The van der Waals surface area contributed by atoms with Gasteiger partial charge in [-0.05, 0) is 41.7 Å². The zero-order valence-corrected chi connectivity index (χ0v) is 18.9. The van der Waals surface area contributed by atoms with Crippen LogP contribution >= 0.6 is 0 Å². The molecule has 1 aromatic heterocycles. The van der Waals surface area contributed by atoms with Gasteiger partial charge in [0.2, 0.25) is 5.91 Å². The molecule has 2 atom stereocenters. The van der Waals surface area contributed by atoms with Gasteiger partial charge >= 0.3 is 0 Å². The van der Waals surface area contributed by atoms with Crippen LogP contribution in [0.3, 0.4) is 0 Å². The lowest BCUT2D eigenvalue weighted by Crippen LogP contribution is -2.33. The third kappa shape index (κ3) is 4.35. The number of benzene rings is 2. The first-order valence-electron chi connectivity index (χ1n) is 11.1. The molecule has 6 nitrogen and oxygen atoms in total. The number of hydrogen-bond acceptors (Lipinski definition) is 3. The van der Waals surface area contributed by atoms with Crippen molar-refractivity contribution in [2.45, 2.75) is 39.2 Å². The molecular weight excluding hydrogens is 421 g/mol. The number of aromatic nitrogens is 1. The molecule has 4 rings (SSSR count). The van der Waals surface area contributed by atoms with E-state index in [1.54, 1.807) is 12.1 Å². The predicted octanol–water partition coefficient (Wildman–Crippen LogP) is 4.08. The summed E-state index contributed by atoms with van der Waals surface area (Å²) in [6.45, 7) is 5.75. The smallest absolute Gasteiger partial charge is 0.252 e. The van der Waals surface area contributed by atoms with Crippen LogP contribution in [0.25, 0.3) is 10.9 Å². The summed E-state index contributed by atoms with van der Waals surface area (Å²) in [6.07, 6.45) is 0.528. The number of H-pyrrole nitrogens is 1. The van der Waals surface area contributed by atoms with Crippen LogP contribution in [0.1, 0.15) is 43.5 Å². The van der Waals surface area contributed by atoms with Gasteiger partial charge in [0, 0.05) is 30.1 Å². The maximum atomic E-state index is 13.8. The highest BCUT2D eigenvalue weighted by atomic mass is 19.1. The fourth-order valence-electron chi connectivity index (χ4n) is 4.57. The minimum absolute atomic E-state index is 0.00210. The SMILES string of the molecule is CC(=O)NCCc1c(C(C2=C(O)C(C(C)C)NC2=O)c2ccc(F)cc2)[nH]c2ccccc12. The Morgan fingerprint density at radius 2 is 1.85 bits per heavy atom. The molecule has 1 aliphatic rings. The standard InChI is InChI=1S/C26H28FN3O3/c1-14(2)23-25(32)22(26(33)30-23)21(16-8-10-17(27)11-9-16)24-19(12-13-28-15(3)31)18-6-4-5-7-20(18)29-24/h4-11,14,21,23,29,32H,12-13H2,1-3H3,(H,28,31)(H,30,33). The van der Waals surface area contributed by atoms with E-state index in [9.17, 15) is 19.1 Å². The number of amides is 2. The Hall–Kier alpha value is -3.61. The van der Waals surface area contributed by atoms with Crippen molar-refractivity contribution in [2.24, 2.45) is 5.92 Å². The van der Waals surface area contributed by atoms with Gasteiger partial charge in [0.05, 0.1) is 17.5 Å². The van der Waals surface area contributed by atoms with E-state index in [0.717, 1.165) is 22.2 Å². The first-order chi connectivity index (χ1) is 15.8. The monoisotopic (exact) mass is 449 g/mol.